The van der Waals surface area contributed by atoms with Gasteiger partial charge in [-0.2, -0.15) is 0 Å². The molecule has 0 aliphatic heterocycles. The minimum absolute atomic E-state index is 0.369. The maximum Gasteiger partial charge on any atom is 0.289 e. The van der Waals surface area contributed by atoms with Gasteiger partial charge >= 0.3 is 0 Å². The fourth-order valence-electron chi connectivity index (χ4n) is 2.22. The van der Waals surface area contributed by atoms with Gasteiger partial charge in [0.1, 0.15) is 5.75 Å². The topological polar surface area (TPSA) is 98.5 Å². The summed E-state index contributed by atoms with van der Waals surface area (Å²) in [4.78, 5) is 9.93. The summed E-state index contributed by atoms with van der Waals surface area (Å²) < 4.78 is 32.6. The molecule has 1 N–H and O–H groups in total. The molecule has 0 unspecified atom stereocenters. The first-order valence-corrected chi connectivity index (χ1v) is 8.24. The van der Waals surface area contributed by atoms with E-state index in [1.807, 2.05) is 0 Å². The number of nitro benzene ring substituents is 1. The predicted octanol–water partition coefficient (Wildman–Crippen LogP) is 2.64. The van der Waals surface area contributed by atoms with Gasteiger partial charge in [0.2, 0.25) is 10.0 Å². The summed E-state index contributed by atoms with van der Waals surface area (Å²) in [5.41, 5.74) is 0.171. The van der Waals surface area contributed by atoms with E-state index in [-0.39, 0.29) is 4.90 Å². The van der Waals surface area contributed by atoms with Gasteiger partial charge in [-0.1, -0.05) is 30.3 Å². The second-order valence-electron chi connectivity index (χ2n) is 4.81. The highest BCUT2D eigenvalue weighted by Gasteiger charge is 2.27. The Labute approximate surface area is 134 Å². The summed E-state index contributed by atoms with van der Waals surface area (Å²) in [6, 6.07) is 11.6. The quantitative estimate of drug-likeness (QED) is 0.646. The molecule has 8 heteroatoms. The number of para-hydroxylation sites is 2. The molecule has 7 nitrogen and oxygen atoms in total. The summed E-state index contributed by atoms with van der Waals surface area (Å²) in [6.45, 7) is 1.64. The SMILES string of the molecule is COc1ccccc1[C@H](C)NS(=O)(=O)c1ccccc1[N+](=O)[O-]. The van der Waals surface area contributed by atoms with Crippen molar-refractivity contribution in [3.05, 3.63) is 64.2 Å². The molecule has 1 atom stereocenters. The Kier molecular flexibility index (Phi) is 4.97. The van der Waals surface area contributed by atoms with Crippen molar-refractivity contribution in [3.8, 4) is 5.75 Å². The molecule has 2 aromatic carbocycles. The first-order chi connectivity index (χ1) is 10.9. The Hall–Kier alpha value is -2.45. The molecule has 0 aliphatic rings. The largest absolute Gasteiger partial charge is 0.496 e. The molecule has 0 aromatic heterocycles. The fraction of sp³-hybridized carbons (Fsp3) is 0.200. The number of methoxy groups -OCH3 is 1. The number of ether oxygens (including phenoxy) is 1. The molecule has 0 radical (unpaired) electrons. The monoisotopic (exact) mass is 336 g/mol. The van der Waals surface area contributed by atoms with E-state index >= 15 is 0 Å². The first kappa shape index (κ1) is 16.9. The van der Waals surface area contributed by atoms with Gasteiger partial charge in [0.25, 0.3) is 5.69 Å². The fourth-order valence-corrected chi connectivity index (χ4v) is 3.61. The van der Waals surface area contributed by atoms with Crippen molar-refractivity contribution in [1.82, 2.24) is 4.72 Å². The van der Waals surface area contributed by atoms with Crippen molar-refractivity contribution in [2.45, 2.75) is 17.9 Å². The Morgan fingerprint density at radius 2 is 1.74 bits per heavy atom. The number of hydrogen-bond acceptors (Lipinski definition) is 5. The third-order valence-electron chi connectivity index (χ3n) is 3.29. The molecular formula is C15H16N2O5S. The maximum atomic E-state index is 12.5. The molecule has 23 heavy (non-hydrogen) atoms. The van der Waals surface area contributed by atoms with E-state index in [1.54, 1.807) is 31.2 Å². The van der Waals surface area contributed by atoms with Gasteiger partial charge < -0.3 is 4.74 Å². The zero-order valence-corrected chi connectivity index (χ0v) is 13.4. The van der Waals surface area contributed by atoms with E-state index in [4.69, 9.17) is 4.74 Å². The van der Waals surface area contributed by atoms with Crippen molar-refractivity contribution in [2.75, 3.05) is 7.11 Å². The molecule has 0 fully saturated rings. The maximum absolute atomic E-state index is 12.5. The molecule has 0 spiro atoms. The Morgan fingerprint density at radius 3 is 2.39 bits per heavy atom. The molecule has 2 rings (SSSR count). The van der Waals surface area contributed by atoms with E-state index in [9.17, 15) is 18.5 Å². The average molecular weight is 336 g/mol. The van der Waals surface area contributed by atoms with Crippen molar-refractivity contribution >= 4 is 15.7 Å². The first-order valence-electron chi connectivity index (χ1n) is 6.75. The molecule has 122 valence electrons. The van der Waals surface area contributed by atoms with Crippen molar-refractivity contribution < 1.29 is 18.1 Å². The summed E-state index contributed by atoms with van der Waals surface area (Å²) in [5.74, 6) is 0.533. The van der Waals surface area contributed by atoms with E-state index in [0.29, 0.717) is 11.3 Å². The van der Waals surface area contributed by atoms with Crippen LogP contribution in [0, 0.1) is 10.1 Å². The number of nitrogens with one attached hydrogen (secondary N) is 1. The Bertz CT molecular complexity index is 820. The van der Waals surface area contributed by atoms with E-state index in [0.717, 1.165) is 6.07 Å². The van der Waals surface area contributed by atoms with Crippen LogP contribution in [0.5, 0.6) is 5.75 Å². The van der Waals surface area contributed by atoms with Gasteiger partial charge in [-0.15, -0.1) is 0 Å². The molecule has 0 bridgehead atoms. The number of nitro groups is 1. The molecule has 2 aromatic rings. The molecule has 0 heterocycles. The minimum atomic E-state index is -4.06. The van der Waals surface area contributed by atoms with E-state index < -0.39 is 26.7 Å². The highest BCUT2D eigenvalue weighted by molar-refractivity contribution is 7.89. The summed E-state index contributed by atoms with van der Waals surface area (Å²) in [5, 5.41) is 11.0. The van der Waals surface area contributed by atoms with Crippen molar-refractivity contribution in [3.63, 3.8) is 0 Å². The van der Waals surface area contributed by atoms with Crippen LogP contribution in [0.2, 0.25) is 0 Å². The van der Waals surface area contributed by atoms with Crippen LogP contribution in [0.1, 0.15) is 18.5 Å². The zero-order valence-electron chi connectivity index (χ0n) is 12.6. The lowest BCUT2D eigenvalue weighted by molar-refractivity contribution is -0.387. The number of benzene rings is 2. The third-order valence-corrected chi connectivity index (χ3v) is 4.88. The van der Waals surface area contributed by atoms with E-state index in [2.05, 4.69) is 4.72 Å². The van der Waals surface area contributed by atoms with Crippen LogP contribution < -0.4 is 9.46 Å². The van der Waals surface area contributed by atoms with Crippen LogP contribution >= 0.6 is 0 Å². The van der Waals surface area contributed by atoms with Crippen LogP contribution in [0.4, 0.5) is 5.69 Å². The Balaban J connectivity index is 2.37. The number of nitrogens with zero attached hydrogens (tertiary/aromatic N) is 1. The van der Waals surface area contributed by atoms with Gasteiger partial charge in [0.15, 0.2) is 4.90 Å². The standard InChI is InChI=1S/C15H16N2O5S/c1-11(12-7-3-5-9-14(12)22-2)16-23(20,21)15-10-6-4-8-13(15)17(18)19/h3-11,16H,1-2H3/t11-/m0/s1. The second kappa shape index (κ2) is 6.76. The number of hydrogen-bond donors (Lipinski definition) is 1. The summed E-state index contributed by atoms with van der Waals surface area (Å²) in [6.07, 6.45) is 0. The van der Waals surface area contributed by atoms with Crippen molar-refractivity contribution in [1.29, 1.82) is 0 Å². The van der Waals surface area contributed by atoms with Gasteiger partial charge in [0, 0.05) is 17.7 Å². The number of sulfonamides is 1. The van der Waals surface area contributed by atoms with E-state index in [1.165, 1.54) is 25.3 Å². The molecular weight excluding hydrogens is 320 g/mol. The lowest BCUT2D eigenvalue weighted by Gasteiger charge is -2.17. The van der Waals surface area contributed by atoms with Crippen molar-refractivity contribution in [2.24, 2.45) is 0 Å². The molecule has 0 amide bonds. The number of rotatable bonds is 6. The van der Waals surface area contributed by atoms with Gasteiger partial charge in [0.05, 0.1) is 12.0 Å². The predicted molar refractivity (Wildman–Crippen MR) is 84.8 cm³/mol. The second-order valence-corrected chi connectivity index (χ2v) is 6.49. The summed E-state index contributed by atoms with van der Waals surface area (Å²) >= 11 is 0. The lowest BCUT2D eigenvalue weighted by atomic mass is 10.1. The van der Waals surface area contributed by atoms with Gasteiger partial charge in [-0.25, -0.2) is 13.1 Å². The normalized spacial score (nSPS) is 12.6. The highest BCUT2D eigenvalue weighted by Crippen LogP contribution is 2.28. The lowest BCUT2D eigenvalue weighted by Crippen LogP contribution is -2.27. The summed E-state index contributed by atoms with van der Waals surface area (Å²) in [7, 11) is -2.57. The van der Waals surface area contributed by atoms with Crippen LogP contribution in [0.25, 0.3) is 0 Å². The average Bonchev–Trinajstić information content (AvgIpc) is 2.54. The van der Waals surface area contributed by atoms with Crippen LogP contribution in [-0.4, -0.2) is 20.5 Å². The minimum Gasteiger partial charge on any atom is -0.496 e. The van der Waals surface area contributed by atoms with Crippen LogP contribution in [0.15, 0.2) is 53.4 Å². The third kappa shape index (κ3) is 3.66. The molecule has 0 saturated heterocycles. The zero-order chi connectivity index (χ0) is 17.0. The molecule has 0 saturated carbocycles. The highest BCUT2D eigenvalue weighted by atomic mass is 32.2. The Morgan fingerprint density at radius 1 is 1.13 bits per heavy atom. The van der Waals surface area contributed by atoms with Gasteiger partial charge in [-0.3, -0.25) is 10.1 Å². The molecule has 0 aliphatic carbocycles. The van der Waals surface area contributed by atoms with Crippen LogP contribution in [0.3, 0.4) is 0 Å². The smallest absolute Gasteiger partial charge is 0.289 e. The van der Waals surface area contributed by atoms with Gasteiger partial charge in [-0.05, 0) is 19.1 Å². The van der Waals surface area contributed by atoms with Crippen LogP contribution in [-0.2, 0) is 10.0 Å².